The van der Waals surface area contributed by atoms with Gasteiger partial charge in [0.15, 0.2) is 0 Å². The van der Waals surface area contributed by atoms with Gasteiger partial charge in [0.05, 0.1) is 5.92 Å². The summed E-state index contributed by atoms with van der Waals surface area (Å²) in [5.41, 5.74) is -3.43. The van der Waals surface area contributed by atoms with E-state index in [0.717, 1.165) is 12.8 Å². The van der Waals surface area contributed by atoms with Crippen LogP contribution in [0, 0.1) is 23.2 Å². The molecular formula is C23H37NO6. The summed E-state index contributed by atoms with van der Waals surface area (Å²) >= 11 is 0. The number of hydrogen-bond donors (Lipinski definition) is 1. The normalized spacial score (nSPS) is 31.6. The van der Waals surface area contributed by atoms with E-state index in [4.69, 9.17) is 14.2 Å². The van der Waals surface area contributed by atoms with Crippen LogP contribution >= 0.6 is 0 Å². The topological polar surface area (TPSA) is 90.9 Å². The van der Waals surface area contributed by atoms with Crippen molar-refractivity contribution in [1.29, 1.82) is 0 Å². The van der Waals surface area contributed by atoms with Gasteiger partial charge in [-0.2, -0.15) is 0 Å². The summed E-state index contributed by atoms with van der Waals surface area (Å²) in [6.07, 6.45) is 1.69. The van der Waals surface area contributed by atoms with Crippen LogP contribution in [-0.4, -0.2) is 40.4 Å². The van der Waals surface area contributed by atoms with Crippen molar-refractivity contribution in [1.82, 2.24) is 5.32 Å². The lowest BCUT2D eigenvalue weighted by Gasteiger charge is -2.36. The van der Waals surface area contributed by atoms with E-state index in [2.05, 4.69) is 5.32 Å². The largest absolute Gasteiger partial charge is 0.460 e. The molecule has 0 unspecified atom stereocenters. The summed E-state index contributed by atoms with van der Waals surface area (Å²) < 4.78 is 16.8. The van der Waals surface area contributed by atoms with Crippen LogP contribution in [0.4, 0.5) is 4.79 Å². The first-order valence-electron chi connectivity index (χ1n) is 10.9. The van der Waals surface area contributed by atoms with Crippen LogP contribution in [0.5, 0.6) is 0 Å². The molecule has 0 aromatic rings. The van der Waals surface area contributed by atoms with E-state index >= 15 is 0 Å². The average Bonchev–Trinajstić information content (AvgIpc) is 3.32. The maximum atomic E-state index is 13.4. The van der Waals surface area contributed by atoms with Crippen molar-refractivity contribution in [2.75, 3.05) is 0 Å². The third-order valence-electron chi connectivity index (χ3n) is 5.99. The standard InChI is InChI=1S/C23H37NO6/c1-19(2,3)28-16(25)13-14-15(13)23(12-22(14)10-11-22,17(26)29-20(4,5)6)24-18(27)30-21(7,8)9/h13-15H,10-12H2,1-9H3,(H,24,27)/t13-,14-,15+,23-/m0/s1. The fourth-order valence-corrected chi connectivity index (χ4v) is 5.05. The number of nitrogens with one attached hydrogen (secondary N) is 1. The van der Waals surface area contributed by atoms with Crippen LogP contribution in [0.15, 0.2) is 0 Å². The first-order valence-corrected chi connectivity index (χ1v) is 10.9. The van der Waals surface area contributed by atoms with Crippen LogP contribution < -0.4 is 5.32 Å². The molecule has 1 N–H and O–H groups in total. The predicted molar refractivity (Wildman–Crippen MR) is 111 cm³/mol. The van der Waals surface area contributed by atoms with Gasteiger partial charge in [-0.3, -0.25) is 4.79 Å². The van der Waals surface area contributed by atoms with Gasteiger partial charge in [-0.25, -0.2) is 9.59 Å². The quantitative estimate of drug-likeness (QED) is 0.545. The Morgan fingerprint density at radius 2 is 1.27 bits per heavy atom. The van der Waals surface area contributed by atoms with Gasteiger partial charge in [-0.15, -0.1) is 0 Å². The molecule has 1 spiro atoms. The lowest BCUT2D eigenvalue weighted by Crippen LogP contribution is -2.59. The van der Waals surface area contributed by atoms with Gasteiger partial charge in [0.1, 0.15) is 22.3 Å². The summed E-state index contributed by atoms with van der Waals surface area (Å²) in [5, 5.41) is 2.86. The summed E-state index contributed by atoms with van der Waals surface area (Å²) in [6, 6.07) is 0. The van der Waals surface area contributed by atoms with Gasteiger partial charge in [0.25, 0.3) is 0 Å². The first-order chi connectivity index (χ1) is 13.4. The highest BCUT2D eigenvalue weighted by Gasteiger charge is 2.83. The van der Waals surface area contributed by atoms with Crippen molar-refractivity contribution < 1.29 is 28.6 Å². The van der Waals surface area contributed by atoms with Crippen molar-refractivity contribution in [2.24, 2.45) is 23.2 Å². The third-order valence-corrected chi connectivity index (χ3v) is 5.99. The van der Waals surface area contributed by atoms with E-state index in [1.165, 1.54) is 0 Å². The molecule has 0 aliphatic heterocycles. The molecule has 0 saturated heterocycles. The number of alkyl carbamates (subject to hydrolysis) is 1. The van der Waals surface area contributed by atoms with Gasteiger partial charge in [0.2, 0.25) is 0 Å². The third kappa shape index (κ3) is 4.45. The predicted octanol–water partition coefficient (Wildman–Crippen LogP) is 3.98. The van der Waals surface area contributed by atoms with Crippen LogP contribution in [-0.2, 0) is 23.8 Å². The van der Waals surface area contributed by atoms with E-state index in [9.17, 15) is 14.4 Å². The van der Waals surface area contributed by atoms with E-state index < -0.39 is 40.3 Å². The minimum absolute atomic E-state index is 0.0230. The molecule has 3 aliphatic carbocycles. The van der Waals surface area contributed by atoms with Crippen molar-refractivity contribution in [2.45, 2.75) is 104 Å². The van der Waals surface area contributed by atoms with Gasteiger partial charge in [0, 0.05) is 5.92 Å². The molecule has 3 aliphatic rings. The fourth-order valence-electron chi connectivity index (χ4n) is 5.05. The highest BCUT2D eigenvalue weighted by molar-refractivity contribution is 5.91. The number of carbonyl (C=O) groups is 3. The number of rotatable bonds is 3. The van der Waals surface area contributed by atoms with Crippen LogP contribution in [0.25, 0.3) is 0 Å². The zero-order chi connectivity index (χ0) is 22.9. The minimum atomic E-state index is -1.28. The molecule has 4 atom stereocenters. The first kappa shape index (κ1) is 22.9. The number of esters is 2. The zero-order valence-electron chi connectivity index (χ0n) is 19.8. The van der Waals surface area contributed by atoms with Crippen molar-refractivity contribution in [3.8, 4) is 0 Å². The molecule has 0 aromatic heterocycles. The van der Waals surface area contributed by atoms with Crippen molar-refractivity contribution in [3.05, 3.63) is 0 Å². The lowest BCUT2D eigenvalue weighted by atomic mass is 9.84. The van der Waals surface area contributed by atoms with Gasteiger partial charge >= 0.3 is 18.0 Å². The molecule has 1 amide bonds. The molecule has 30 heavy (non-hydrogen) atoms. The van der Waals surface area contributed by atoms with Crippen LogP contribution in [0.3, 0.4) is 0 Å². The molecule has 0 bridgehead atoms. The number of hydrogen-bond acceptors (Lipinski definition) is 6. The molecule has 170 valence electrons. The smallest absolute Gasteiger partial charge is 0.408 e. The summed E-state index contributed by atoms with van der Waals surface area (Å²) in [4.78, 5) is 39.1. The summed E-state index contributed by atoms with van der Waals surface area (Å²) in [5.74, 6) is -1.52. The second-order valence-electron chi connectivity index (χ2n) is 12.3. The Balaban J connectivity index is 1.92. The van der Waals surface area contributed by atoms with E-state index in [1.807, 2.05) is 20.8 Å². The molecule has 0 heterocycles. The Bertz CT molecular complexity index is 749. The average molecular weight is 424 g/mol. The number of ether oxygens (including phenoxy) is 3. The van der Waals surface area contributed by atoms with Crippen LogP contribution in [0.1, 0.15) is 81.6 Å². The maximum Gasteiger partial charge on any atom is 0.408 e. The van der Waals surface area contributed by atoms with Gasteiger partial charge in [-0.1, -0.05) is 0 Å². The van der Waals surface area contributed by atoms with E-state index in [0.29, 0.717) is 6.42 Å². The SMILES string of the molecule is CC(C)(C)OC(=O)N[C@@]1(C(=O)OC(C)(C)C)CC2(CC2)[C@H]2[C@H](C(=O)OC(C)(C)C)[C@H]21. The number of carbonyl (C=O) groups excluding carboxylic acids is 3. The lowest BCUT2D eigenvalue weighted by molar-refractivity contribution is -0.166. The minimum Gasteiger partial charge on any atom is -0.460 e. The fraction of sp³-hybridized carbons (Fsp3) is 0.870. The monoisotopic (exact) mass is 423 g/mol. The second kappa shape index (κ2) is 6.60. The molecule has 7 heteroatoms. The maximum absolute atomic E-state index is 13.4. The highest BCUT2D eigenvalue weighted by atomic mass is 16.6. The molecular weight excluding hydrogens is 386 g/mol. The van der Waals surface area contributed by atoms with Gasteiger partial charge < -0.3 is 19.5 Å². The van der Waals surface area contributed by atoms with Gasteiger partial charge in [-0.05, 0) is 92.9 Å². The second-order valence-corrected chi connectivity index (χ2v) is 12.3. The Hall–Kier alpha value is -1.79. The Morgan fingerprint density at radius 3 is 1.70 bits per heavy atom. The molecule has 3 rings (SSSR count). The Morgan fingerprint density at radius 1 is 0.767 bits per heavy atom. The summed E-state index contributed by atoms with van der Waals surface area (Å²) in [6.45, 7) is 16.2. The molecule has 3 fully saturated rings. The van der Waals surface area contributed by atoms with Crippen molar-refractivity contribution in [3.63, 3.8) is 0 Å². The molecule has 0 aromatic carbocycles. The molecule has 3 saturated carbocycles. The van der Waals surface area contributed by atoms with Crippen LogP contribution in [0.2, 0.25) is 0 Å². The van der Waals surface area contributed by atoms with E-state index in [-0.39, 0.29) is 23.2 Å². The molecule has 7 nitrogen and oxygen atoms in total. The Labute approximate surface area is 179 Å². The number of amides is 1. The number of fused-ring (bicyclic) bond motifs is 2. The highest BCUT2D eigenvalue weighted by Crippen LogP contribution is 2.79. The van der Waals surface area contributed by atoms with E-state index in [1.54, 1.807) is 41.5 Å². The Kier molecular flexibility index (Phi) is 5.04. The molecule has 0 radical (unpaired) electrons. The zero-order valence-corrected chi connectivity index (χ0v) is 19.8. The summed E-state index contributed by atoms with van der Waals surface area (Å²) in [7, 11) is 0. The van der Waals surface area contributed by atoms with Crippen molar-refractivity contribution >= 4 is 18.0 Å².